The molecule has 122 valence electrons. The topological polar surface area (TPSA) is 45.2 Å². The molecule has 0 radical (unpaired) electrons. The molecule has 1 aliphatic heterocycles. The van der Waals surface area contributed by atoms with Crippen LogP contribution in [-0.2, 0) is 11.3 Å². The van der Waals surface area contributed by atoms with Crippen molar-refractivity contribution in [1.29, 1.82) is 0 Å². The molecule has 2 aromatic rings. The average molecular weight is 348 g/mol. The number of hydrogen-bond donors (Lipinski definition) is 1. The van der Waals surface area contributed by atoms with Crippen LogP contribution in [0.2, 0.25) is 0 Å². The Morgan fingerprint density at radius 3 is 2.70 bits per heavy atom. The number of hydrogen-bond acceptors (Lipinski definition) is 5. The Labute approximate surface area is 145 Å². The highest BCUT2D eigenvalue weighted by atomic mass is 32.2. The fraction of sp³-hybridized carbons (Fsp3) is 0.412. The Kier molecular flexibility index (Phi) is 5.70. The molecule has 1 atom stereocenters. The Morgan fingerprint density at radius 1 is 1.30 bits per heavy atom. The number of nitrogens with zero attached hydrogens (tertiary/aromatic N) is 2. The van der Waals surface area contributed by atoms with Gasteiger partial charge in [0, 0.05) is 30.0 Å². The van der Waals surface area contributed by atoms with Gasteiger partial charge in [-0.2, -0.15) is 11.8 Å². The van der Waals surface area contributed by atoms with Crippen LogP contribution >= 0.6 is 23.1 Å². The Balaban J connectivity index is 1.72. The van der Waals surface area contributed by atoms with E-state index in [0.717, 1.165) is 40.9 Å². The minimum atomic E-state index is -0.211. The highest BCUT2D eigenvalue weighted by molar-refractivity contribution is 7.99. The van der Waals surface area contributed by atoms with Crippen molar-refractivity contribution in [1.82, 2.24) is 15.2 Å². The second-order valence-electron chi connectivity index (χ2n) is 5.54. The van der Waals surface area contributed by atoms with Crippen LogP contribution in [0.15, 0.2) is 35.7 Å². The molecule has 6 heteroatoms. The van der Waals surface area contributed by atoms with Crippen LogP contribution in [0.25, 0.3) is 0 Å². The number of benzene rings is 1. The first-order valence-electron chi connectivity index (χ1n) is 7.79. The van der Waals surface area contributed by atoms with Crippen molar-refractivity contribution < 1.29 is 4.79 Å². The molecule has 1 aromatic heterocycles. The maximum Gasteiger partial charge on any atom is 0.242 e. The smallest absolute Gasteiger partial charge is 0.242 e. The van der Waals surface area contributed by atoms with E-state index in [-0.39, 0.29) is 11.9 Å². The van der Waals surface area contributed by atoms with Crippen LogP contribution in [0, 0.1) is 6.92 Å². The molecule has 1 N–H and O–H groups in total. The van der Waals surface area contributed by atoms with Gasteiger partial charge >= 0.3 is 0 Å². The summed E-state index contributed by atoms with van der Waals surface area (Å²) in [5.74, 6) is 2.23. The van der Waals surface area contributed by atoms with Gasteiger partial charge in [-0.1, -0.05) is 30.3 Å². The highest BCUT2D eigenvalue weighted by Gasteiger charge is 2.28. The molecule has 1 fully saturated rings. The quantitative estimate of drug-likeness (QED) is 0.903. The lowest BCUT2D eigenvalue weighted by atomic mass is 10.0. The Morgan fingerprint density at radius 2 is 2.04 bits per heavy atom. The van der Waals surface area contributed by atoms with Crippen LogP contribution in [-0.4, -0.2) is 40.4 Å². The van der Waals surface area contributed by atoms with Gasteiger partial charge in [0.25, 0.3) is 0 Å². The third kappa shape index (κ3) is 4.34. The van der Waals surface area contributed by atoms with Crippen molar-refractivity contribution in [2.75, 3.05) is 24.6 Å². The lowest BCUT2D eigenvalue weighted by Gasteiger charge is -2.33. The molecule has 2 heterocycles. The Bertz CT molecular complexity index is 638. The lowest BCUT2D eigenvalue weighted by Crippen LogP contribution is -2.44. The van der Waals surface area contributed by atoms with Gasteiger partial charge in [-0.15, -0.1) is 11.3 Å². The minimum Gasteiger partial charge on any atom is -0.349 e. The normalized spacial score (nSPS) is 16.9. The summed E-state index contributed by atoms with van der Waals surface area (Å²) in [5.41, 5.74) is 1.99. The third-order valence-corrected chi connectivity index (χ3v) is 5.65. The van der Waals surface area contributed by atoms with Gasteiger partial charge < -0.3 is 5.32 Å². The van der Waals surface area contributed by atoms with Crippen molar-refractivity contribution in [3.05, 3.63) is 52.0 Å². The maximum atomic E-state index is 12.8. The van der Waals surface area contributed by atoms with Gasteiger partial charge in [-0.3, -0.25) is 9.69 Å². The number of aryl methyl sites for hydroxylation is 1. The summed E-state index contributed by atoms with van der Waals surface area (Å²) in [6.45, 7) is 4.38. The Hall–Kier alpha value is -1.37. The van der Waals surface area contributed by atoms with Gasteiger partial charge in [0.05, 0.1) is 17.2 Å². The third-order valence-electron chi connectivity index (χ3n) is 3.88. The second-order valence-corrected chi connectivity index (χ2v) is 7.82. The summed E-state index contributed by atoms with van der Waals surface area (Å²) in [6, 6.07) is 9.85. The molecule has 3 rings (SSSR count). The van der Waals surface area contributed by atoms with E-state index < -0.39 is 0 Å². The molecule has 1 saturated heterocycles. The molecule has 1 unspecified atom stereocenters. The molecule has 4 nitrogen and oxygen atoms in total. The molecule has 23 heavy (non-hydrogen) atoms. The average Bonchev–Trinajstić information content (AvgIpc) is 3.01. The van der Waals surface area contributed by atoms with E-state index in [1.54, 1.807) is 11.3 Å². The summed E-state index contributed by atoms with van der Waals surface area (Å²) < 4.78 is 0. The predicted molar refractivity (Wildman–Crippen MR) is 96.8 cm³/mol. The first-order valence-corrected chi connectivity index (χ1v) is 9.83. The van der Waals surface area contributed by atoms with Gasteiger partial charge in [0.15, 0.2) is 0 Å². The number of carbonyl (C=O) groups is 1. The fourth-order valence-corrected chi connectivity index (χ4v) is 4.31. The van der Waals surface area contributed by atoms with Crippen LogP contribution < -0.4 is 5.32 Å². The minimum absolute atomic E-state index is 0.0637. The van der Waals surface area contributed by atoms with E-state index >= 15 is 0 Å². The molecular weight excluding hydrogens is 326 g/mol. The van der Waals surface area contributed by atoms with E-state index in [0.29, 0.717) is 6.54 Å². The van der Waals surface area contributed by atoms with Gasteiger partial charge in [0.1, 0.15) is 6.04 Å². The number of nitrogens with one attached hydrogen (secondary N) is 1. The zero-order chi connectivity index (χ0) is 16.1. The SMILES string of the molecule is Cc1nc(CNC(=O)C(c2ccccc2)N2CCSCC2)cs1. The van der Waals surface area contributed by atoms with Crippen LogP contribution in [0.4, 0.5) is 0 Å². The molecule has 1 aromatic carbocycles. The number of thioether (sulfide) groups is 1. The number of aromatic nitrogens is 1. The number of carbonyl (C=O) groups excluding carboxylic acids is 1. The highest BCUT2D eigenvalue weighted by Crippen LogP contribution is 2.24. The predicted octanol–water partition coefficient (Wildman–Crippen LogP) is 2.86. The molecule has 1 amide bonds. The summed E-state index contributed by atoms with van der Waals surface area (Å²) in [4.78, 5) is 19.5. The van der Waals surface area contributed by atoms with E-state index in [9.17, 15) is 4.79 Å². The first kappa shape index (κ1) is 16.5. The fourth-order valence-electron chi connectivity index (χ4n) is 2.76. The summed E-state index contributed by atoms with van der Waals surface area (Å²) >= 11 is 3.57. The van der Waals surface area contributed by atoms with E-state index in [4.69, 9.17) is 0 Å². The molecule has 1 aliphatic rings. The zero-order valence-electron chi connectivity index (χ0n) is 13.2. The van der Waals surface area contributed by atoms with Gasteiger partial charge in [0.2, 0.25) is 5.91 Å². The van der Waals surface area contributed by atoms with Crippen molar-refractivity contribution in [2.45, 2.75) is 19.5 Å². The van der Waals surface area contributed by atoms with Crippen LogP contribution in [0.3, 0.4) is 0 Å². The van der Waals surface area contributed by atoms with E-state index in [1.807, 2.05) is 54.4 Å². The van der Waals surface area contributed by atoms with Crippen molar-refractivity contribution >= 4 is 29.0 Å². The lowest BCUT2D eigenvalue weighted by molar-refractivity contribution is -0.126. The number of amides is 1. The van der Waals surface area contributed by atoms with Gasteiger partial charge in [-0.25, -0.2) is 4.98 Å². The van der Waals surface area contributed by atoms with Crippen molar-refractivity contribution in [3.8, 4) is 0 Å². The number of rotatable bonds is 5. The first-order chi connectivity index (χ1) is 11.2. The largest absolute Gasteiger partial charge is 0.349 e. The van der Waals surface area contributed by atoms with Gasteiger partial charge in [-0.05, 0) is 12.5 Å². The maximum absolute atomic E-state index is 12.8. The summed E-state index contributed by atoms with van der Waals surface area (Å²) in [7, 11) is 0. The van der Waals surface area contributed by atoms with Crippen molar-refractivity contribution in [2.24, 2.45) is 0 Å². The number of thiazole rings is 1. The summed E-state index contributed by atoms with van der Waals surface area (Å²) in [6.07, 6.45) is 0. The van der Waals surface area contributed by atoms with Crippen LogP contribution in [0.5, 0.6) is 0 Å². The van der Waals surface area contributed by atoms with E-state index in [2.05, 4.69) is 15.2 Å². The van der Waals surface area contributed by atoms with E-state index in [1.165, 1.54) is 0 Å². The monoisotopic (exact) mass is 347 g/mol. The van der Waals surface area contributed by atoms with Crippen LogP contribution in [0.1, 0.15) is 22.3 Å². The standard InChI is InChI=1S/C17H21N3OS2/c1-13-19-15(12-23-13)11-18-17(21)16(14-5-3-2-4-6-14)20-7-9-22-10-8-20/h2-6,12,16H,7-11H2,1H3,(H,18,21). The molecule has 0 spiro atoms. The zero-order valence-corrected chi connectivity index (χ0v) is 14.8. The molecule has 0 bridgehead atoms. The second kappa shape index (κ2) is 7.95. The molecular formula is C17H21N3OS2. The molecule has 0 aliphatic carbocycles. The molecule has 0 saturated carbocycles. The van der Waals surface area contributed by atoms with Crippen molar-refractivity contribution in [3.63, 3.8) is 0 Å². The summed E-state index contributed by atoms with van der Waals surface area (Å²) in [5, 5.41) is 6.10.